The molecule has 15 heavy (non-hydrogen) atoms. The summed E-state index contributed by atoms with van der Waals surface area (Å²) in [5.74, 6) is -0.398. The predicted octanol–water partition coefficient (Wildman–Crippen LogP) is 2.94. The molecular weight excluding hydrogens is 233 g/mol. The Hall–Kier alpha value is -0.570. The summed E-state index contributed by atoms with van der Waals surface area (Å²) in [6.07, 6.45) is 0. The maximum Gasteiger partial charge on any atom is 0.179 e. The van der Waals surface area contributed by atoms with Crippen molar-refractivity contribution in [1.29, 1.82) is 0 Å². The minimum atomic E-state index is -2.85. The highest BCUT2D eigenvalue weighted by atomic mass is 35.5. The molecule has 0 aliphatic rings. The van der Waals surface area contributed by atoms with Gasteiger partial charge in [0.15, 0.2) is 5.78 Å². The monoisotopic (exact) mass is 252 g/mol. The molecule has 0 radical (unpaired) electrons. The Morgan fingerprint density at radius 3 is 2.73 bits per heavy atom. The number of nitrogens with one attached hydrogen (secondary N) is 1. The van der Waals surface area contributed by atoms with E-state index in [4.69, 9.17) is 18.5 Å². The molecule has 1 aromatic carbocycles. The zero-order valence-corrected chi connectivity index (χ0v) is 9.65. The van der Waals surface area contributed by atoms with Crippen LogP contribution in [0.2, 0.25) is 5.02 Å². The molecule has 1 aromatic rings. The molecule has 0 aliphatic heterocycles. The topological polar surface area (TPSA) is 29.1 Å². The molecule has 84 valence electrons. The number of hydrogen-bond donors (Lipinski definition) is 1. The van der Waals surface area contributed by atoms with Gasteiger partial charge in [0.25, 0.3) is 0 Å². The van der Waals surface area contributed by atoms with Crippen LogP contribution >= 0.6 is 24.0 Å². The van der Waals surface area contributed by atoms with Crippen LogP contribution in [-0.4, -0.2) is 18.3 Å². The number of Topliss-reactive ketones (excluding diaryl/α,β-unsaturated/α-hetero) is 1. The first-order valence-corrected chi connectivity index (χ1v) is 4.50. The van der Waals surface area contributed by atoms with Crippen molar-refractivity contribution in [2.75, 3.05) is 6.50 Å². The lowest BCUT2D eigenvalue weighted by atomic mass is 10.1. The number of carbonyl (C=O) groups is 1. The third-order valence-corrected chi connectivity index (χ3v) is 2.06. The van der Waals surface area contributed by atoms with Crippen LogP contribution in [0.1, 0.15) is 31.0 Å². The van der Waals surface area contributed by atoms with E-state index >= 15 is 0 Å². The molecule has 0 saturated carbocycles. The third-order valence-electron chi connectivity index (χ3n) is 1.81. The van der Waals surface area contributed by atoms with E-state index in [1.54, 1.807) is 12.1 Å². The molecule has 0 aliphatic carbocycles. The molecule has 2 nitrogen and oxygen atoms in total. The van der Waals surface area contributed by atoms with Crippen molar-refractivity contribution < 1.29 is 11.6 Å². The first-order valence-electron chi connectivity index (χ1n) is 6.62. The van der Waals surface area contributed by atoms with Gasteiger partial charge in [-0.25, -0.2) is 0 Å². The molecular formula is C11H15Cl2NO. The van der Waals surface area contributed by atoms with Gasteiger partial charge in [-0.2, -0.15) is 0 Å². The summed E-state index contributed by atoms with van der Waals surface area (Å²) in [5, 5.41) is 2.68. The molecule has 4 heteroatoms. The Labute approximate surface area is 108 Å². The molecule has 1 atom stereocenters. The second-order valence-electron chi connectivity index (χ2n) is 2.86. The minimum absolute atomic E-state index is 0. The van der Waals surface area contributed by atoms with Crippen molar-refractivity contribution in [2.24, 2.45) is 0 Å². The molecule has 0 spiro atoms. The van der Waals surface area contributed by atoms with Gasteiger partial charge in [-0.15, -0.1) is 12.4 Å². The van der Waals surface area contributed by atoms with Crippen molar-refractivity contribution in [3.8, 4) is 0 Å². The van der Waals surface area contributed by atoms with Crippen LogP contribution in [0, 0.1) is 0 Å². The average Bonchev–Trinajstić information content (AvgIpc) is 2.27. The smallest absolute Gasteiger partial charge is 0.179 e. The van der Waals surface area contributed by atoms with Crippen molar-refractivity contribution in [3.05, 3.63) is 34.9 Å². The normalized spacial score (nSPS) is 18.4. The van der Waals surface area contributed by atoms with E-state index in [1.807, 2.05) is 0 Å². The van der Waals surface area contributed by atoms with Crippen molar-refractivity contribution in [1.82, 2.24) is 5.32 Å². The number of benzene rings is 1. The van der Waals surface area contributed by atoms with Crippen LogP contribution < -0.4 is 5.32 Å². The van der Waals surface area contributed by atoms with E-state index in [1.165, 1.54) is 19.1 Å². The maximum absolute atomic E-state index is 12.0. The maximum atomic E-state index is 12.0. The summed E-state index contributed by atoms with van der Waals surface area (Å²) < 4.78 is 36.0. The van der Waals surface area contributed by atoms with Crippen LogP contribution in [0.25, 0.3) is 0 Å². The summed E-state index contributed by atoms with van der Waals surface area (Å²) in [5.41, 5.74) is 0.339. The van der Waals surface area contributed by atoms with E-state index in [9.17, 15) is 4.79 Å². The van der Waals surface area contributed by atoms with Gasteiger partial charge in [0.1, 0.15) is 0 Å². The van der Waals surface area contributed by atoms with Crippen molar-refractivity contribution in [2.45, 2.75) is 19.8 Å². The Morgan fingerprint density at radius 2 is 2.20 bits per heavy atom. The van der Waals surface area contributed by atoms with Gasteiger partial charge in [0, 0.05) is 17.4 Å². The highest BCUT2D eigenvalue weighted by molar-refractivity contribution is 6.30. The van der Waals surface area contributed by atoms with Crippen molar-refractivity contribution in [3.63, 3.8) is 0 Å². The minimum Gasteiger partial charge on any atom is -0.308 e. The fourth-order valence-electron chi connectivity index (χ4n) is 1.04. The second-order valence-corrected chi connectivity index (χ2v) is 3.30. The Balaban J connectivity index is 0.00000361. The summed E-state index contributed by atoms with van der Waals surface area (Å²) in [6.45, 7) is -4.06. The predicted molar refractivity (Wildman–Crippen MR) is 66.2 cm³/mol. The first kappa shape index (κ1) is 7.66. The standard InChI is InChI=1S/C11H14ClNO.ClH/c1-3-13-8(2)11(14)9-4-6-10(12)7-5-9;/h4-8,13H,3H2,1-2H3;1H/i1D3,3D2;. The fourth-order valence-corrected chi connectivity index (χ4v) is 1.16. The van der Waals surface area contributed by atoms with Gasteiger partial charge >= 0.3 is 0 Å². The largest absolute Gasteiger partial charge is 0.308 e. The van der Waals surface area contributed by atoms with Crippen LogP contribution in [0.3, 0.4) is 0 Å². The number of halogens is 2. The number of ketones is 1. The van der Waals surface area contributed by atoms with E-state index in [0.717, 1.165) is 0 Å². The number of hydrogen-bond acceptors (Lipinski definition) is 2. The van der Waals surface area contributed by atoms with Gasteiger partial charge in [-0.1, -0.05) is 18.5 Å². The van der Waals surface area contributed by atoms with E-state index in [0.29, 0.717) is 10.6 Å². The van der Waals surface area contributed by atoms with Crippen LogP contribution in [0.5, 0.6) is 0 Å². The van der Waals surface area contributed by atoms with E-state index < -0.39 is 25.2 Å². The zero-order chi connectivity index (χ0) is 14.8. The summed E-state index contributed by atoms with van der Waals surface area (Å²) in [6, 6.07) is 5.14. The van der Waals surface area contributed by atoms with E-state index in [2.05, 4.69) is 5.32 Å². The molecule has 0 fully saturated rings. The van der Waals surface area contributed by atoms with Gasteiger partial charge in [0.05, 0.1) is 6.04 Å². The van der Waals surface area contributed by atoms with Crippen LogP contribution in [-0.2, 0) is 0 Å². The van der Waals surface area contributed by atoms with Crippen LogP contribution in [0.4, 0.5) is 0 Å². The van der Waals surface area contributed by atoms with Gasteiger partial charge < -0.3 is 5.32 Å². The Bertz CT molecular complexity index is 461. The van der Waals surface area contributed by atoms with Gasteiger partial charge in [0.2, 0.25) is 0 Å². The molecule has 1 rings (SSSR count). The lowest BCUT2D eigenvalue weighted by molar-refractivity contribution is 0.0952. The van der Waals surface area contributed by atoms with E-state index in [-0.39, 0.29) is 12.4 Å². The lowest BCUT2D eigenvalue weighted by Crippen LogP contribution is -2.33. The Kier molecular flexibility index (Phi) is 3.49. The zero-order valence-electron chi connectivity index (χ0n) is 13.1. The highest BCUT2D eigenvalue weighted by Crippen LogP contribution is 2.11. The Morgan fingerprint density at radius 1 is 1.60 bits per heavy atom. The highest BCUT2D eigenvalue weighted by Gasteiger charge is 2.12. The number of rotatable bonds is 4. The SMILES string of the molecule is Cl.[2H]C([2H])([2H])C([2H])([2H])NC(C)C(=O)c1ccc(Cl)cc1. The lowest BCUT2D eigenvalue weighted by Gasteiger charge is -2.10. The summed E-state index contributed by atoms with van der Waals surface area (Å²) in [4.78, 5) is 12.0. The summed E-state index contributed by atoms with van der Waals surface area (Å²) >= 11 is 5.70. The molecule has 1 N–H and O–H groups in total. The number of likely N-dealkylation sites (N-methyl/N-ethyl adjacent to an activating group) is 1. The molecule has 0 amide bonds. The van der Waals surface area contributed by atoms with Crippen molar-refractivity contribution >= 4 is 29.8 Å². The summed E-state index contributed by atoms with van der Waals surface area (Å²) in [7, 11) is 0. The molecule has 1 unspecified atom stereocenters. The average molecular weight is 253 g/mol. The fraction of sp³-hybridized carbons (Fsp3) is 0.364. The number of carbonyl (C=O) groups excluding carboxylic acids is 1. The third kappa shape index (κ3) is 4.20. The van der Waals surface area contributed by atoms with Gasteiger partial charge in [-0.3, -0.25) is 4.79 Å². The molecule has 0 aromatic heterocycles. The molecule has 0 heterocycles. The van der Waals surface area contributed by atoms with Crippen LogP contribution in [0.15, 0.2) is 24.3 Å². The molecule has 0 saturated heterocycles. The first-order chi connectivity index (χ1) is 8.54. The second kappa shape index (κ2) is 6.83. The molecule has 0 bridgehead atoms. The quantitative estimate of drug-likeness (QED) is 0.836. The van der Waals surface area contributed by atoms with Gasteiger partial charge in [-0.05, 0) is 37.7 Å².